The third kappa shape index (κ3) is 34.8. The summed E-state index contributed by atoms with van der Waals surface area (Å²) >= 11 is 0. The topological polar surface area (TPSA) is 0 Å². The van der Waals surface area contributed by atoms with Crippen LogP contribution in [-0.2, 0) is 0 Å². The van der Waals surface area contributed by atoms with Gasteiger partial charge >= 0.3 is 0 Å². The Kier molecular flexibility index (Phi) is 37.3. The summed E-state index contributed by atoms with van der Waals surface area (Å²) in [6.45, 7) is 6.97. The summed E-state index contributed by atoms with van der Waals surface area (Å²) in [6, 6.07) is 4.84. The maximum Gasteiger partial charge on any atom is 0.0222 e. The van der Waals surface area contributed by atoms with Crippen molar-refractivity contribution in [2.24, 2.45) is 0 Å². The van der Waals surface area contributed by atoms with Crippen LogP contribution in [-0.4, -0.2) is 25.9 Å². The first kappa shape index (κ1) is 39.7. The highest BCUT2D eigenvalue weighted by molar-refractivity contribution is 7.39. The van der Waals surface area contributed by atoms with Crippen molar-refractivity contribution in [1.82, 2.24) is 0 Å². The molecule has 5 radical (unpaired) electrons. The molecule has 0 rings (SSSR count). The maximum absolute atomic E-state index is 2.32. The molecule has 0 saturated carbocycles. The molecule has 0 nitrogen and oxygen atoms in total. The highest BCUT2D eigenvalue weighted by Crippen LogP contribution is 2.16. The van der Waals surface area contributed by atoms with E-state index in [2.05, 4.69) is 20.8 Å². The van der Waals surface area contributed by atoms with Crippen molar-refractivity contribution in [3.05, 3.63) is 0 Å². The van der Waals surface area contributed by atoms with Crippen LogP contribution >= 0.6 is 0 Å². The first-order valence-electron chi connectivity index (χ1n) is 18.7. The van der Waals surface area contributed by atoms with Crippen molar-refractivity contribution >= 4 is 25.9 Å². The van der Waals surface area contributed by atoms with Gasteiger partial charge in [-0.15, -0.1) is 0 Å². The maximum atomic E-state index is 2.32. The second-order valence-corrected chi connectivity index (χ2v) is 23.0. The minimum absolute atomic E-state index is 0.0156. The van der Waals surface area contributed by atoms with E-state index in [-0.39, 0.29) is 7.83 Å². The monoisotopic (exact) mass is 592 g/mol. The van der Waals surface area contributed by atoms with Gasteiger partial charge in [0, 0.05) is 25.9 Å². The van der Waals surface area contributed by atoms with Gasteiger partial charge in [0.2, 0.25) is 0 Å². The van der Waals surface area contributed by atoms with E-state index in [1.807, 2.05) is 0 Å². The Labute approximate surface area is 256 Å². The Hall–Kier alpha value is 0.651. The Bertz CT molecular complexity index is 388. The van der Waals surface area contributed by atoms with Gasteiger partial charge in [-0.1, -0.05) is 232 Å². The summed E-state index contributed by atoms with van der Waals surface area (Å²) in [7, 11) is 2.73. The second-order valence-electron chi connectivity index (χ2n) is 12.6. The minimum atomic E-state index is -0.0156. The highest BCUT2D eigenvalue weighted by atomic mass is 29.6. The number of unbranched alkanes of at least 4 members (excludes halogenated alkanes) is 27. The van der Waals surface area contributed by atoms with Gasteiger partial charge in [-0.05, 0) is 0 Å². The lowest BCUT2D eigenvalue weighted by Gasteiger charge is -2.14. The Morgan fingerprint density at radius 2 is 0.513 bits per heavy atom. The molecule has 0 fully saturated rings. The van der Waals surface area contributed by atoms with E-state index in [0.717, 1.165) is 0 Å². The van der Waals surface area contributed by atoms with Crippen LogP contribution in [0.5, 0.6) is 0 Å². The molecule has 0 heterocycles. The van der Waals surface area contributed by atoms with Crippen LogP contribution in [0.3, 0.4) is 0 Å². The van der Waals surface area contributed by atoms with Crippen molar-refractivity contribution in [2.75, 3.05) is 0 Å². The molecule has 0 saturated heterocycles. The Balaban J connectivity index is 3.88. The van der Waals surface area contributed by atoms with Crippen LogP contribution in [0.25, 0.3) is 0 Å². The lowest BCUT2D eigenvalue weighted by molar-refractivity contribution is 0.561. The van der Waals surface area contributed by atoms with E-state index in [9.17, 15) is 0 Å². The van der Waals surface area contributed by atoms with E-state index >= 15 is 0 Å². The summed E-state index contributed by atoms with van der Waals surface area (Å²) < 4.78 is 0. The summed E-state index contributed by atoms with van der Waals surface area (Å²) in [4.78, 5) is 0. The molecule has 0 atom stereocenters. The van der Waals surface area contributed by atoms with E-state index in [1.165, 1.54) is 191 Å². The van der Waals surface area contributed by atoms with Gasteiger partial charge in [-0.2, -0.15) is 0 Å². The van der Waals surface area contributed by atoms with Crippen LogP contribution in [0.4, 0.5) is 0 Å². The number of hydrogen-bond acceptors (Lipinski definition) is 0. The van der Waals surface area contributed by atoms with Crippen LogP contribution in [0.2, 0.25) is 18.1 Å². The van der Waals surface area contributed by atoms with Crippen molar-refractivity contribution < 1.29 is 0 Å². The summed E-state index contributed by atoms with van der Waals surface area (Å²) in [5.41, 5.74) is 0. The van der Waals surface area contributed by atoms with E-state index in [4.69, 9.17) is 0 Å². The molecule has 0 bridgehead atoms. The van der Waals surface area contributed by atoms with Gasteiger partial charge in [-0.3, -0.25) is 0 Å². The lowest BCUT2D eigenvalue weighted by Crippen LogP contribution is -2.30. The average molecular weight is 592 g/mol. The first-order chi connectivity index (χ1) is 19.3. The lowest BCUT2D eigenvalue weighted by atomic mass is 10.1. The van der Waals surface area contributed by atoms with E-state index in [1.54, 1.807) is 37.4 Å². The third-order valence-corrected chi connectivity index (χ3v) is 20.2. The Morgan fingerprint density at radius 3 is 0.795 bits per heavy atom. The largest absolute Gasteiger partial charge is 0.0654 e. The molecular weight excluding hydrogens is 517 g/mol. The molecule has 231 valence electrons. The van der Waals surface area contributed by atoms with E-state index < -0.39 is 0 Å². The fourth-order valence-corrected chi connectivity index (χ4v) is 17.0. The molecular formula is C36H75Si3. The van der Waals surface area contributed by atoms with Crippen molar-refractivity contribution in [3.8, 4) is 0 Å². The predicted molar refractivity (Wildman–Crippen MR) is 187 cm³/mol. The van der Waals surface area contributed by atoms with Crippen molar-refractivity contribution in [2.45, 2.75) is 232 Å². The standard InChI is InChI=1S/C36H75Si3/c1-4-7-10-13-16-19-22-25-28-31-34-37-39(36-33-30-27-24-21-18-15-12-9-6-3)38-35-32-29-26-23-20-17-14-11-8-5-2/h4-36H2,1-3H3. The molecule has 0 aliphatic heterocycles. The molecule has 0 spiro atoms. The zero-order valence-electron chi connectivity index (χ0n) is 27.8. The molecule has 0 unspecified atom stereocenters. The van der Waals surface area contributed by atoms with Crippen LogP contribution < -0.4 is 0 Å². The highest BCUT2D eigenvalue weighted by Gasteiger charge is 2.12. The predicted octanol–water partition coefficient (Wildman–Crippen LogP) is 13.5. The molecule has 39 heavy (non-hydrogen) atoms. The fraction of sp³-hybridized carbons (Fsp3) is 1.00. The number of hydrogen-bond donors (Lipinski definition) is 0. The molecule has 0 amide bonds. The SMILES string of the molecule is CCCCCCCCCCCC[Si][Si](CCCCCCCCCCCC)[Si]CCCCCCCCCCCC. The zero-order chi connectivity index (χ0) is 28.3. The van der Waals surface area contributed by atoms with Crippen LogP contribution in [0.15, 0.2) is 0 Å². The molecule has 0 aliphatic rings. The molecule has 0 aromatic heterocycles. The summed E-state index contributed by atoms with van der Waals surface area (Å²) in [6.07, 6.45) is 44.7. The number of rotatable bonds is 35. The van der Waals surface area contributed by atoms with Gasteiger partial charge in [0.25, 0.3) is 0 Å². The summed E-state index contributed by atoms with van der Waals surface area (Å²) in [5, 5.41) is 0. The van der Waals surface area contributed by atoms with Crippen molar-refractivity contribution in [3.63, 3.8) is 0 Å². The average Bonchev–Trinajstić information content (AvgIpc) is 2.95. The quantitative estimate of drug-likeness (QED) is 0.0508. The normalized spacial score (nSPS) is 11.7. The van der Waals surface area contributed by atoms with Gasteiger partial charge in [0.15, 0.2) is 0 Å². The molecule has 0 aromatic carbocycles. The first-order valence-corrected chi connectivity index (χ1v) is 24.8. The molecule has 0 N–H and O–H groups in total. The van der Waals surface area contributed by atoms with Crippen molar-refractivity contribution in [1.29, 1.82) is 0 Å². The Morgan fingerprint density at radius 1 is 0.282 bits per heavy atom. The smallest absolute Gasteiger partial charge is 0.0222 e. The van der Waals surface area contributed by atoms with Gasteiger partial charge < -0.3 is 0 Å². The third-order valence-electron chi connectivity index (χ3n) is 8.52. The minimum Gasteiger partial charge on any atom is -0.0654 e. The second kappa shape index (κ2) is 36.7. The van der Waals surface area contributed by atoms with E-state index in [0.29, 0.717) is 0 Å². The summed E-state index contributed by atoms with van der Waals surface area (Å²) in [5.74, 6) is 0. The van der Waals surface area contributed by atoms with Crippen LogP contribution in [0, 0.1) is 0 Å². The molecule has 0 aromatic rings. The van der Waals surface area contributed by atoms with Gasteiger partial charge in [-0.25, -0.2) is 0 Å². The fourth-order valence-electron chi connectivity index (χ4n) is 5.73. The zero-order valence-corrected chi connectivity index (χ0v) is 30.8. The van der Waals surface area contributed by atoms with Gasteiger partial charge in [0.05, 0.1) is 0 Å². The van der Waals surface area contributed by atoms with Gasteiger partial charge in [0.1, 0.15) is 0 Å². The molecule has 3 heteroatoms. The van der Waals surface area contributed by atoms with Crippen LogP contribution in [0.1, 0.15) is 213 Å². The molecule has 0 aliphatic carbocycles.